The van der Waals surface area contributed by atoms with Crippen LogP contribution in [0, 0.1) is 16.0 Å². The summed E-state index contributed by atoms with van der Waals surface area (Å²) in [5, 5.41) is 10.7. The van der Waals surface area contributed by atoms with E-state index >= 15 is 0 Å². The predicted octanol–water partition coefficient (Wildman–Crippen LogP) is 2.02. The summed E-state index contributed by atoms with van der Waals surface area (Å²) >= 11 is 0. The topological polar surface area (TPSA) is 77.3 Å². The molecule has 0 aromatic heterocycles. The van der Waals surface area contributed by atoms with Crippen LogP contribution in [0.15, 0.2) is 29.2 Å². The first kappa shape index (κ1) is 12.6. The van der Waals surface area contributed by atoms with E-state index in [0.29, 0.717) is 0 Å². The molecule has 0 N–H and O–H groups in total. The fraction of sp³-hybridized carbons (Fsp3) is 0.400. The minimum Gasteiger partial charge on any atom is -0.258 e. The average Bonchev–Trinajstić information content (AvgIpc) is 2.15. The van der Waals surface area contributed by atoms with E-state index in [1.165, 1.54) is 24.3 Å². The Balaban J connectivity index is 3.28. The largest absolute Gasteiger partial charge is 0.287 e. The molecule has 1 aromatic carbocycles. The molecule has 88 valence electrons. The highest BCUT2D eigenvalue weighted by molar-refractivity contribution is 7.91. The zero-order valence-corrected chi connectivity index (χ0v) is 9.90. The van der Waals surface area contributed by atoms with Crippen molar-refractivity contribution in [1.29, 1.82) is 0 Å². The number of rotatable bonds is 4. The van der Waals surface area contributed by atoms with E-state index in [2.05, 4.69) is 0 Å². The summed E-state index contributed by atoms with van der Waals surface area (Å²) in [6.07, 6.45) is 0. The normalized spacial score (nSPS) is 11.7. The van der Waals surface area contributed by atoms with Gasteiger partial charge in [-0.3, -0.25) is 10.1 Å². The Bertz CT molecular complexity index is 493. The highest BCUT2D eigenvalue weighted by Gasteiger charge is 2.25. The van der Waals surface area contributed by atoms with Crippen LogP contribution in [-0.2, 0) is 9.84 Å². The third kappa shape index (κ3) is 2.79. The summed E-state index contributed by atoms with van der Waals surface area (Å²) in [4.78, 5) is 9.82. The third-order valence-corrected chi connectivity index (χ3v) is 4.07. The molecule has 0 aliphatic rings. The summed E-state index contributed by atoms with van der Waals surface area (Å²) in [6, 6.07) is 5.41. The van der Waals surface area contributed by atoms with Gasteiger partial charge in [-0.25, -0.2) is 8.42 Å². The molecule has 0 saturated heterocycles. The number of nitro benzene ring substituents is 1. The van der Waals surface area contributed by atoms with Crippen molar-refractivity contribution in [3.8, 4) is 0 Å². The fourth-order valence-corrected chi connectivity index (χ4v) is 3.20. The number of benzene rings is 1. The minimum absolute atomic E-state index is 0.0650. The van der Waals surface area contributed by atoms with Crippen LogP contribution in [0.1, 0.15) is 13.8 Å². The van der Waals surface area contributed by atoms with Gasteiger partial charge in [-0.15, -0.1) is 0 Å². The molecule has 6 heteroatoms. The standard InChI is InChI=1S/C10H13NO4S/c1-8(2)7-16(14,15)10-6-4-3-5-9(10)11(12)13/h3-6,8H,7H2,1-2H3. The minimum atomic E-state index is -3.58. The summed E-state index contributed by atoms with van der Waals surface area (Å²) in [6.45, 7) is 3.51. The lowest BCUT2D eigenvalue weighted by Gasteiger charge is -2.07. The molecule has 0 saturated carbocycles. The Labute approximate surface area is 94.2 Å². The molecule has 0 heterocycles. The van der Waals surface area contributed by atoms with Crippen molar-refractivity contribution in [3.05, 3.63) is 34.4 Å². The molecule has 0 radical (unpaired) electrons. The maximum Gasteiger partial charge on any atom is 0.287 e. The van der Waals surface area contributed by atoms with Gasteiger partial charge < -0.3 is 0 Å². The van der Waals surface area contributed by atoms with Gasteiger partial charge in [-0.2, -0.15) is 0 Å². The highest BCUT2D eigenvalue weighted by Crippen LogP contribution is 2.25. The Morgan fingerprint density at radius 3 is 2.38 bits per heavy atom. The molecule has 0 amide bonds. The summed E-state index contributed by atoms with van der Waals surface area (Å²) in [5.41, 5.74) is -0.358. The van der Waals surface area contributed by atoms with E-state index < -0.39 is 14.8 Å². The molecule has 0 fully saturated rings. The molecule has 0 aliphatic heterocycles. The van der Waals surface area contributed by atoms with Crippen molar-refractivity contribution in [1.82, 2.24) is 0 Å². The fourth-order valence-electron chi connectivity index (χ4n) is 1.40. The maximum atomic E-state index is 11.9. The molecule has 0 atom stereocenters. The van der Waals surface area contributed by atoms with Crippen LogP contribution < -0.4 is 0 Å². The highest BCUT2D eigenvalue weighted by atomic mass is 32.2. The van der Waals surface area contributed by atoms with Gasteiger partial charge in [0.2, 0.25) is 0 Å². The van der Waals surface area contributed by atoms with Gasteiger partial charge in [-0.1, -0.05) is 26.0 Å². The number of hydrogen-bond donors (Lipinski definition) is 0. The van der Waals surface area contributed by atoms with Gasteiger partial charge in [0, 0.05) is 6.07 Å². The predicted molar refractivity (Wildman–Crippen MR) is 60.0 cm³/mol. The molecular weight excluding hydrogens is 230 g/mol. The molecule has 1 rings (SSSR count). The van der Waals surface area contributed by atoms with Crippen molar-refractivity contribution in [2.24, 2.45) is 5.92 Å². The van der Waals surface area contributed by atoms with E-state index in [0.717, 1.165) is 0 Å². The zero-order chi connectivity index (χ0) is 12.3. The van der Waals surface area contributed by atoms with Crippen LogP contribution in [-0.4, -0.2) is 19.1 Å². The number of para-hydroxylation sites is 1. The number of sulfone groups is 1. The molecule has 0 aliphatic carbocycles. The Kier molecular flexibility index (Phi) is 3.64. The monoisotopic (exact) mass is 243 g/mol. The van der Waals surface area contributed by atoms with Crippen molar-refractivity contribution >= 4 is 15.5 Å². The molecule has 0 bridgehead atoms. The molecular formula is C10H13NO4S. The Morgan fingerprint density at radius 1 is 1.31 bits per heavy atom. The van der Waals surface area contributed by atoms with Crippen molar-refractivity contribution < 1.29 is 13.3 Å². The summed E-state index contributed by atoms with van der Waals surface area (Å²) < 4.78 is 23.7. The molecule has 0 unspecified atom stereocenters. The van der Waals surface area contributed by atoms with E-state index in [4.69, 9.17) is 0 Å². The first-order valence-electron chi connectivity index (χ1n) is 4.81. The van der Waals surface area contributed by atoms with E-state index in [9.17, 15) is 18.5 Å². The lowest BCUT2D eigenvalue weighted by Crippen LogP contribution is -2.13. The van der Waals surface area contributed by atoms with Gasteiger partial charge in [0.05, 0.1) is 10.7 Å². The van der Waals surface area contributed by atoms with Crippen LogP contribution >= 0.6 is 0 Å². The van der Waals surface area contributed by atoms with E-state index in [-0.39, 0.29) is 22.3 Å². The van der Waals surface area contributed by atoms with E-state index in [1.807, 2.05) is 0 Å². The molecule has 5 nitrogen and oxygen atoms in total. The van der Waals surface area contributed by atoms with Crippen molar-refractivity contribution in [3.63, 3.8) is 0 Å². The number of hydrogen-bond acceptors (Lipinski definition) is 4. The van der Waals surface area contributed by atoms with Gasteiger partial charge in [0.25, 0.3) is 5.69 Å². The average molecular weight is 243 g/mol. The lowest BCUT2D eigenvalue weighted by molar-refractivity contribution is -0.387. The smallest absolute Gasteiger partial charge is 0.258 e. The summed E-state index contributed by atoms with van der Waals surface area (Å²) in [5.74, 6) is -0.150. The second kappa shape index (κ2) is 4.61. The zero-order valence-electron chi connectivity index (χ0n) is 9.08. The van der Waals surface area contributed by atoms with Gasteiger partial charge in [0.15, 0.2) is 9.84 Å². The van der Waals surface area contributed by atoms with Gasteiger partial charge >= 0.3 is 0 Å². The number of nitrogens with zero attached hydrogens (tertiary/aromatic N) is 1. The van der Waals surface area contributed by atoms with Crippen molar-refractivity contribution in [2.45, 2.75) is 18.7 Å². The van der Waals surface area contributed by atoms with Crippen LogP contribution in [0.25, 0.3) is 0 Å². The first-order valence-corrected chi connectivity index (χ1v) is 6.46. The van der Waals surface area contributed by atoms with E-state index in [1.54, 1.807) is 13.8 Å². The van der Waals surface area contributed by atoms with Gasteiger partial charge in [0.1, 0.15) is 4.90 Å². The van der Waals surface area contributed by atoms with Crippen LogP contribution in [0.4, 0.5) is 5.69 Å². The second-order valence-electron chi connectivity index (χ2n) is 3.90. The quantitative estimate of drug-likeness (QED) is 0.598. The second-order valence-corrected chi connectivity index (χ2v) is 5.90. The van der Waals surface area contributed by atoms with Gasteiger partial charge in [-0.05, 0) is 12.0 Å². The molecule has 16 heavy (non-hydrogen) atoms. The first-order chi connectivity index (χ1) is 7.34. The Hall–Kier alpha value is -1.43. The molecule has 1 aromatic rings. The van der Waals surface area contributed by atoms with Crippen molar-refractivity contribution in [2.75, 3.05) is 5.75 Å². The van der Waals surface area contributed by atoms with Crippen LogP contribution in [0.5, 0.6) is 0 Å². The summed E-state index contributed by atoms with van der Waals surface area (Å²) in [7, 11) is -3.58. The number of nitro groups is 1. The Morgan fingerprint density at radius 2 is 1.88 bits per heavy atom. The SMILES string of the molecule is CC(C)CS(=O)(=O)c1ccccc1[N+](=O)[O-]. The molecule has 0 spiro atoms. The maximum absolute atomic E-state index is 11.9. The lowest BCUT2D eigenvalue weighted by atomic mass is 10.3. The van der Waals surface area contributed by atoms with Crippen LogP contribution in [0.3, 0.4) is 0 Å². The van der Waals surface area contributed by atoms with Crippen LogP contribution in [0.2, 0.25) is 0 Å². The third-order valence-electron chi connectivity index (χ3n) is 1.95.